The van der Waals surface area contributed by atoms with E-state index < -0.39 is 0 Å². The van der Waals surface area contributed by atoms with Crippen LogP contribution in [-0.4, -0.2) is 5.91 Å². The smallest absolute Gasteiger partial charge is 0.257 e. The van der Waals surface area contributed by atoms with Crippen LogP contribution in [0.15, 0.2) is 18.2 Å². The first kappa shape index (κ1) is 13.9. The fourth-order valence-electron chi connectivity index (χ4n) is 2.50. The number of nitrogens with two attached hydrogens (primary N) is 1. The molecule has 0 saturated heterocycles. The zero-order chi connectivity index (χ0) is 15.0. The topological polar surface area (TPSA) is 78.9 Å². The lowest BCUT2D eigenvalue weighted by molar-refractivity contribution is 0.102. The molecule has 0 spiro atoms. The van der Waals surface area contributed by atoms with Crippen LogP contribution < -0.4 is 11.1 Å². The van der Waals surface area contributed by atoms with E-state index in [2.05, 4.69) is 11.4 Å². The molecule has 3 rings (SSSR count). The summed E-state index contributed by atoms with van der Waals surface area (Å²) in [5, 5.41) is 13.0. The van der Waals surface area contributed by atoms with Crippen LogP contribution in [0.25, 0.3) is 0 Å². The predicted octanol–water partition coefficient (Wildman–Crippen LogP) is 3.60. The van der Waals surface area contributed by atoms with Gasteiger partial charge in [0.1, 0.15) is 11.1 Å². The monoisotopic (exact) mass is 317 g/mol. The van der Waals surface area contributed by atoms with Gasteiger partial charge in [-0.1, -0.05) is 11.6 Å². The highest BCUT2D eigenvalue weighted by molar-refractivity contribution is 7.16. The van der Waals surface area contributed by atoms with E-state index in [9.17, 15) is 10.1 Å². The number of nitriles is 1. The van der Waals surface area contributed by atoms with Crippen molar-refractivity contribution in [2.45, 2.75) is 19.3 Å². The Kier molecular flexibility index (Phi) is 3.58. The molecule has 4 nitrogen and oxygen atoms in total. The van der Waals surface area contributed by atoms with E-state index in [4.69, 9.17) is 17.3 Å². The first-order valence-corrected chi connectivity index (χ1v) is 7.70. The van der Waals surface area contributed by atoms with Crippen molar-refractivity contribution >= 4 is 39.5 Å². The summed E-state index contributed by atoms with van der Waals surface area (Å²) in [6.07, 6.45) is 2.97. The van der Waals surface area contributed by atoms with Crippen LogP contribution in [0.1, 0.15) is 32.8 Å². The summed E-state index contributed by atoms with van der Waals surface area (Å²) in [5.41, 5.74) is 8.15. The molecule has 6 heteroatoms. The average molecular weight is 318 g/mol. The lowest BCUT2D eigenvalue weighted by Crippen LogP contribution is -2.12. The van der Waals surface area contributed by atoms with Gasteiger partial charge >= 0.3 is 0 Å². The fraction of sp³-hybridized carbons (Fsp3) is 0.200. The van der Waals surface area contributed by atoms with Crippen molar-refractivity contribution in [2.75, 3.05) is 11.1 Å². The Labute approximate surface area is 131 Å². The van der Waals surface area contributed by atoms with E-state index in [0.29, 0.717) is 26.8 Å². The molecule has 0 fully saturated rings. The first-order valence-electron chi connectivity index (χ1n) is 6.51. The molecule has 1 aromatic heterocycles. The van der Waals surface area contributed by atoms with Crippen molar-refractivity contribution in [1.82, 2.24) is 0 Å². The van der Waals surface area contributed by atoms with Gasteiger partial charge in [-0.15, -0.1) is 11.3 Å². The van der Waals surface area contributed by atoms with Gasteiger partial charge in [-0.3, -0.25) is 4.79 Å². The van der Waals surface area contributed by atoms with Crippen molar-refractivity contribution in [3.05, 3.63) is 44.8 Å². The predicted molar refractivity (Wildman–Crippen MR) is 84.9 cm³/mol. The highest BCUT2D eigenvalue weighted by Gasteiger charge is 2.23. The zero-order valence-electron chi connectivity index (χ0n) is 11.1. The second kappa shape index (κ2) is 5.40. The first-order chi connectivity index (χ1) is 10.1. The van der Waals surface area contributed by atoms with Gasteiger partial charge in [0.2, 0.25) is 0 Å². The minimum Gasteiger partial charge on any atom is -0.399 e. The third-order valence-electron chi connectivity index (χ3n) is 3.50. The second-order valence-corrected chi connectivity index (χ2v) is 6.38. The maximum absolute atomic E-state index is 12.3. The molecule has 3 N–H and O–H groups in total. The van der Waals surface area contributed by atoms with Gasteiger partial charge in [-0.2, -0.15) is 5.26 Å². The molecule has 1 heterocycles. The van der Waals surface area contributed by atoms with Crippen molar-refractivity contribution < 1.29 is 4.79 Å². The third-order valence-corrected chi connectivity index (χ3v) is 5.02. The minimum atomic E-state index is -0.323. The number of aryl methyl sites for hydroxylation is 1. The number of amides is 1. The number of nitrogen functional groups attached to an aromatic ring is 1. The lowest BCUT2D eigenvalue weighted by atomic mass is 10.1. The summed E-state index contributed by atoms with van der Waals surface area (Å²) >= 11 is 7.52. The fourth-order valence-corrected chi connectivity index (χ4v) is 4.01. The van der Waals surface area contributed by atoms with E-state index in [1.54, 1.807) is 12.1 Å². The molecule has 106 valence electrons. The standard InChI is InChI=1S/C15H12ClN3OS/c16-12-6-8(18)4-5-10(12)14(20)19-15-11(7-17)9-2-1-3-13(9)21-15/h4-6H,1-3,18H2,(H,19,20). The number of hydrogen-bond acceptors (Lipinski definition) is 4. The van der Waals surface area contributed by atoms with Crippen molar-refractivity contribution in [3.8, 4) is 6.07 Å². The molecule has 2 aromatic rings. The molecule has 1 aliphatic rings. The molecule has 0 atom stereocenters. The number of anilines is 2. The number of rotatable bonds is 2. The Bertz CT molecular complexity index is 776. The van der Waals surface area contributed by atoms with Gasteiger partial charge in [0.25, 0.3) is 5.91 Å². The number of carbonyl (C=O) groups is 1. The van der Waals surface area contributed by atoms with Crippen LogP contribution in [0.3, 0.4) is 0 Å². The number of carbonyl (C=O) groups excluding carboxylic acids is 1. The quantitative estimate of drug-likeness (QED) is 0.831. The minimum absolute atomic E-state index is 0.301. The molecule has 0 radical (unpaired) electrons. The highest BCUT2D eigenvalue weighted by Crippen LogP contribution is 2.38. The molecular formula is C15H12ClN3OS. The van der Waals surface area contributed by atoms with Crippen LogP contribution in [-0.2, 0) is 12.8 Å². The highest BCUT2D eigenvalue weighted by atomic mass is 35.5. The molecule has 0 bridgehead atoms. The number of benzene rings is 1. The molecule has 1 aliphatic carbocycles. The maximum atomic E-state index is 12.3. The average Bonchev–Trinajstić information content (AvgIpc) is 2.98. The van der Waals surface area contributed by atoms with Crippen molar-refractivity contribution in [3.63, 3.8) is 0 Å². The summed E-state index contributed by atoms with van der Waals surface area (Å²) < 4.78 is 0. The van der Waals surface area contributed by atoms with Gasteiger partial charge in [-0.25, -0.2) is 0 Å². The molecule has 0 aliphatic heterocycles. The van der Waals surface area contributed by atoms with Gasteiger partial charge in [0, 0.05) is 10.6 Å². The summed E-state index contributed by atoms with van der Waals surface area (Å²) in [7, 11) is 0. The Hall–Kier alpha value is -2.03. The van der Waals surface area contributed by atoms with Gasteiger partial charge in [-0.05, 0) is 43.0 Å². The van der Waals surface area contributed by atoms with Crippen LogP contribution in [0.4, 0.5) is 10.7 Å². The van der Waals surface area contributed by atoms with Crippen molar-refractivity contribution in [2.24, 2.45) is 0 Å². The van der Waals surface area contributed by atoms with Crippen LogP contribution >= 0.6 is 22.9 Å². The number of halogens is 1. The number of thiophene rings is 1. The molecule has 0 unspecified atom stereocenters. The number of hydrogen-bond donors (Lipinski definition) is 2. The number of fused-ring (bicyclic) bond motifs is 1. The van der Waals surface area contributed by atoms with Gasteiger partial charge in [0.15, 0.2) is 0 Å². The molecule has 21 heavy (non-hydrogen) atoms. The number of nitrogens with zero attached hydrogens (tertiary/aromatic N) is 1. The molecule has 1 amide bonds. The Morgan fingerprint density at radius 2 is 2.24 bits per heavy atom. The van der Waals surface area contributed by atoms with E-state index in [-0.39, 0.29) is 5.91 Å². The summed E-state index contributed by atoms with van der Waals surface area (Å²) in [6, 6.07) is 6.95. The SMILES string of the molecule is N#Cc1c(NC(=O)c2ccc(N)cc2Cl)sc2c1CCC2. The number of nitrogens with one attached hydrogen (secondary N) is 1. The van der Waals surface area contributed by atoms with Crippen LogP contribution in [0.5, 0.6) is 0 Å². The van der Waals surface area contributed by atoms with E-state index in [0.717, 1.165) is 24.8 Å². The second-order valence-electron chi connectivity index (χ2n) is 4.87. The Morgan fingerprint density at radius 1 is 1.43 bits per heavy atom. The van der Waals surface area contributed by atoms with Crippen LogP contribution in [0.2, 0.25) is 5.02 Å². The zero-order valence-corrected chi connectivity index (χ0v) is 12.6. The van der Waals surface area contributed by atoms with Crippen LogP contribution in [0, 0.1) is 11.3 Å². The summed E-state index contributed by atoms with van der Waals surface area (Å²) in [4.78, 5) is 13.5. The Balaban J connectivity index is 1.91. The molecular weight excluding hydrogens is 306 g/mol. The summed E-state index contributed by atoms with van der Waals surface area (Å²) in [5.74, 6) is -0.323. The maximum Gasteiger partial charge on any atom is 0.257 e. The van der Waals surface area contributed by atoms with Crippen molar-refractivity contribution in [1.29, 1.82) is 5.26 Å². The normalized spacial score (nSPS) is 12.8. The lowest BCUT2D eigenvalue weighted by Gasteiger charge is -2.06. The largest absolute Gasteiger partial charge is 0.399 e. The molecule has 0 saturated carbocycles. The van der Waals surface area contributed by atoms with E-state index in [1.165, 1.54) is 22.3 Å². The van der Waals surface area contributed by atoms with E-state index >= 15 is 0 Å². The Morgan fingerprint density at radius 3 is 2.95 bits per heavy atom. The molecule has 1 aromatic carbocycles. The summed E-state index contributed by atoms with van der Waals surface area (Å²) in [6.45, 7) is 0. The van der Waals surface area contributed by atoms with E-state index in [1.807, 2.05) is 0 Å². The van der Waals surface area contributed by atoms with Gasteiger partial charge < -0.3 is 11.1 Å². The third kappa shape index (κ3) is 2.48. The van der Waals surface area contributed by atoms with Gasteiger partial charge in [0.05, 0.1) is 16.1 Å².